The first-order valence-corrected chi connectivity index (χ1v) is 8.59. The van der Waals surface area contributed by atoms with Gasteiger partial charge in [0.2, 0.25) is 10.0 Å². The second-order valence-electron chi connectivity index (χ2n) is 5.57. The van der Waals surface area contributed by atoms with Crippen LogP contribution in [0.2, 0.25) is 0 Å². The number of aliphatic hydroxyl groups is 1. The van der Waals surface area contributed by atoms with Crippen LogP contribution in [0, 0.1) is 0 Å². The third-order valence-electron chi connectivity index (χ3n) is 3.87. The number of aryl methyl sites for hydroxylation is 1. The Bertz CT molecular complexity index is 525. The van der Waals surface area contributed by atoms with E-state index in [4.69, 9.17) is 0 Å². The SMILES string of the molecule is CN(CC1(O)CCCC1)S(=O)(=O)CCc1ccccn1. The number of likely N-dealkylation sites (N-methyl/N-ethyl adjacent to an activating group) is 1. The maximum absolute atomic E-state index is 12.2. The van der Waals surface area contributed by atoms with Crippen molar-refractivity contribution in [1.29, 1.82) is 0 Å². The summed E-state index contributed by atoms with van der Waals surface area (Å²) >= 11 is 0. The maximum Gasteiger partial charge on any atom is 0.214 e. The van der Waals surface area contributed by atoms with Gasteiger partial charge in [-0.2, -0.15) is 0 Å². The molecule has 0 saturated heterocycles. The van der Waals surface area contributed by atoms with Crippen molar-refractivity contribution in [2.24, 2.45) is 0 Å². The average molecular weight is 298 g/mol. The van der Waals surface area contributed by atoms with Crippen molar-refractivity contribution >= 4 is 10.0 Å². The number of nitrogens with zero attached hydrogens (tertiary/aromatic N) is 2. The van der Waals surface area contributed by atoms with Gasteiger partial charge in [0.1, 0.15) is 0 Å². The van der Waals surface area contributed by atoms with Gasteiger partial charge in [-0.15, -0.1) is 0 Å². The Labute approximate surface area is 120 Å². The molecular weight excluding hydrogens is 276 g/mol. The fourth-order valence-corrected chi connectivity index (χ4v) is 3.86. The first-order valence-electron chi connectivity index (χ1n) is 6.98. The first-order chi connectivity index (χ1) is 9.41. The molecule has 1 saturated carbocycles. The van der Waals surface area contributed by atoms with Crippen LogP contribution in [0.3, 0.4) is 0 Å². The summed E-state index contributed by atoms with van der Waals surface area (Å²) in [6, 6.07) is 5.47. The predicted octanol–water partition coefficient (Wildman–Crippen LogP) is 1.19. The molecule has 1 fully saturated rings. The molecule has 112 valence electrons. The van der Waals surface area contributed by atoms with Crippen LogP contribution < -0.4 is 0 Å². The van der Waals surface area contributed by atoms with E-state index in [1.807, 2.05) is 12.1 Å². The average Bonchev–Trinajstić information content (AvgIpc) is 2.84. The quantitative estimate of drug-likeness (QED) is 0.856. The summed E-state index contributed by atoms with van der Waals surface area (Å²) in [7, 11) is -1.81. The lowest BCUT2D eigenvalue weighted by Crippen LogP contribution is -2.43. The van der Waals surface area contributed by atoms with E-state index < -0.39 is 15.6 Å². The highest BCUT2D eigenvalue weighted by atomic mass is 32.2. The Morgan fingerprint density at radius 3 is 2.65 bits per heavy atom. The first kappa shape index (κ1) is 15.4. The minimum absolute atomic E-state index is 0.0244. The smallest absolute Gasteiger partial charge is 0.214 e. The van der Waals surface area contributed by atoms with Gasteiger partial charge >= 0.3 is 0 Å². The minimum Gasteiger partial charge on any atom is -0.389 e. The Morgan fingerprint density at radius 1 is 1.35 bits per heavy atom. The number of hydrogen-bond acceptors (Lipinski definition) is 4. The van der Waals surface area contributed by atoms with E-state index in [0.717, 1.165) is 18.5 Å². The number of pyridine rings is 1. The largest absolute Gasteiger partial charge is 0.389 e. The molecule has 1 aromatic rings. The molecule has 1 aromatic heterocycles. The lowest BCUT2D eigenvalue weighted by Gasteiger charge is -2.28. The van der Waals surface area contributed by atoms with Crippen molar-refractivity contribution in [3.05, 3.63) is 30.1 Å². The molecule has 1 aliphatic carbocycles. The van der Waals surface area contributed by atoms with Crippen LogP contribution in [-0.2, 0) is 16.4 Å². The lowest BCUT2D eigenvalue weighted by molar-refractivity contribution is 0.0333. The van der Waals surface area contributed by atoms with Gasteiger partial charge in [-0.1, -0.05) is 18.9 Å². The molecule has 20 heavy (non-hydrogen) atoms. The fourth-order valence-electron chi connectivity index (χ4n) is 2.64. The van der Waals surface area contributed by atoms with Crippen molar-refractivity contribution in [2.45, 2.75) is 37.7 Å². The highest BCUT2D eigenvalue weighted by Crippen LogP contribution is 2.30. The molecular formula is C14H22N2O3S. The molecule has 0 amide bonds. The van der Waals surface area contributed by atoms with Crippen LogP contribution >= 0.6 is 0 Å². The lowest BCUT2D eigenvalue weighted by atomic mass is 10.0. The van der Waals surface area contributed by atoms with Crippen molar-refractivity contribution < 1.29 is 13.5 Å². The summed E-state index contributed by atoms with van der Waals surface area (Å²) in [5, 5.41) is 10.3. The Balaban J connectivity index is 1.92. The summed E-state index contributed by atoms with van der Waals surface area (Å²) in [5.74, 6) is 0.0244. The van der Waals surface area contributed by atoms with Gasteiger partial charge in [0.25, 0.3) is 0 Å². The van der Waals surface area contributed by atoms with Crippen molar-refractivity contribution in [3.63, 3.8) is 0 Å². The van der Waals surface area contributed by atoms with Crippen LogP contribution in [0.5, 0.6) is 0 Å². The van der Waals surface area contributed by atoms with E-state index in [1.165, 1.54) is 4.31 Å². The van der Waals surface area contributed by atoms with E-state index in [-0.39, 0.29) is 12.3 Å². The molecule has 5 nitrogen and oxygen atoms in total. The second kappa shape index (κ2) is 6.20. The molecule has 1 N–H and O–H groups in total. The number of hydrogen-bond donors (Lipinski definition) is 1. The monoisotopic (exact) mass is 298 g/mol. The van der Waals surface area contributed by atoms with Crippen LogP contribution in [0.25, 0.3) is 0 Å². The zero-order valence-corrected chi connectivity index (χ0v) is 12.6. The molecule has 0 radical (unpaired) electrons. The molecule has 0 unspecified atom stereocenters. The van der Waals surface area contributed by atoms with Gasteiger partial charge < -0.3 is 5.11 Å². The maximum atomic E-state index is 12.2. The highest BCUT2D eigenvalue weighted by molar-refractivity contribution is 7.89. The molecule has 0 aliphatic heterocycles. The zero-order valence-electron chi connectivity index (χ0n) is 11.8. The molecule has 0 atom stereocenters. The van der Waals surface area contributed by atoms with Crippen molar-refractivity contribution in [1.82, 2.24) is 9.29 Å². The topological polar surface area (TPSA) is 70.5 Å². The molecule has 0 spiro atoms. The van der Waals surface area contributed by atoms with E-state index in [9.17, 15) is 13.5 Å². The van der Waals surface area contributed by atoms with E-state index in [0.29, 0.717) is 19.3 Å². The van der Waals surface area contributed by atoms with Crippen molar-refractivity contribution in [3.8, 4) is 0 Å². The zero-order chi connectivity index (χ0) is 14.6. The summed E-state index contributed by atoms with van der Waals surface area (Å²) in [5.41, 5.74) is -0.0728. The normalized spacial score (nSPS) is 18.6. The van der Waals surface area contributed by atoms with E-state index in [1.54, 1.807) is 19.3 Å². The number of rotatable bonds is 6. The van der Waals surface area contributed by atoms with Crippen LogP contribution in [-0.4, -0.2) is 47.8 Å². The van der Waals surface area contributed by atoms with Gasteiger partial charge in [0, 0.05) is 31.9 Å². The summed E-state index contributed by atoms with van der Waals surface area (Å²) in [6.07, 6.45) is 5.37. The van der Waals surface area contributed by atoms with E-state index in [2.05, 4.69) is 4.98 Å². The Hall–Kier alpha value is -0.980. The number of aromatic nitrogens is 1. The van der Waals surface area contributed by atoms with Gasteiger partial charge in [0.15, 0.2) is 0 Å². The fraction of sp³-hybridized carbons (Fsp3) is 0.643. The highest BCUT2D eigenvalue weighted by Gasteiger charge is 2.35. The standard InChI is InChI=1S/C14H22N2O3S/c1-16(12-14(17)8-3-4-9-14)20(18,19)11-7-13-6-2-5-10-15-13/h2,5-6,10,17H,3-4,7-9,11-12H2,1H3. The van der Waals surface area contributed by atoms with Gasteiger partial charge in [-0.3, -0.25) is 4.98 Å². The number of sulfonamides is 1. The molecule has 0 bridgehead atoms. The van der Waals surface area contributed by atoms with Gasteiger partial charge in [-0.05, 0) is 25.0 Å². The third kappa shape index (κ3) is 4.01. The molecule has 0 aromatic carbocycles. The Morgan fingerprint density at radius 2 is 2.05 bits per heavy atom. The summed E-state index contributed by atoms with van der Waals surface area (Å²) in [6.45, 7) is 0.192. The molecule has 1 aliphatic rings. The van der Waals surface area contributed by atoms with Gasteiger partial charge in [-0.25, -0.2) is 12.7 Å². The third-order valence-corrected chi connectivity index (χ3v) is 5.67. The van der Waals surface area contributed by atoms with E-state index >= 15 is 0 Å². The molecule has 2 rings (SSSR count). The van der Waals surface area contributed by atoms with Crippen LogP contribution in [0.1, 0.15) is 31.4 Å². The summed E-state index contributed by atoms with van der Waals surface area (Å²) < 4.78 is 25.7. The van der Waals surface area contributed by atoms with Crippen molar-refractivity contribution in [2.75, 3.05) is 19.3 Å². The predicted molar refractivity (Wildman–Crippen MR) is 77.8 cm³/mol. The van der Waals surface area contributed by atoms with Gasteiger partial charge in [0.05, 0.1) is 11.4 Å². The van der Waals surface area contributed by atoms with Crippen LogP contribution in [0.4, 0.5) is 0 Å². The Kier molecular flexibility index (Phi) is 4.78. The minimum atomic E-state index is -3.35. The summed E-state index contributed by atoms with van der Waals surface area (Å²) in [4.78, 5) is 4.13. The second-order valence-corrected chi connectivity index (χ2v) is 7.77. The molecule has 1 heterocycles. The van der Waals surface area contributed by atoms with Crippen LogP contribution in [0.15, 0.2) is 24.4 Å². The molecule has 6 heteroatoms.